The standard InChI is InChI=1S/C11H20N4/c1-9-3-5-12-10(7-9)8-13-11-4-6-15(2)14-11/h4,6,9-10,12H,3,5,7-8H2,1-2H3,(H,13,14). The molecular weight excluding hydrogens is 188 g/mol. The molecule has 1 fully saturated rings. The number of piperidine rings is 1. The largest absolute Gasteiger partial charge is 0.367 e. The molecule has 0 aromatic carbocycles. The van der Waals surface area contributed by atoms with Gasteiger partial charge in [-0.25, -0.2) is 0 Å². The molecule has 0 bridgehead atoms. The average Bonchev–Trinajstić information content (AvgIpc) is 2.62. The quantitative estimate of drug-likeness (QED) is 0.785. The highest BCUT2D eigenvalue weighted by Gasteiger charge is 2.17. The van der Waals surface area contributed by atoms with Crippen molar-refractivity contribution in [1.29, 1.82) is 0 Å². The number of hydrogen-bond acceptors (Lipinski definition) is 3. The second kappa shape index (κ2) is 4.66. The van der Waals surface area contributed by atoms with Crippen LogP contribution in [0.15, 0.2) is 12.3 Å². The number of anilines is 1. The van der Waals surface area contributed by atoms with Crippen LogP contribution in [0.3, 0.4) is 0 Å². The highest BCUT2D eigenvalue weighted by atomic mass is 15.3. The monoisotopic (exact) mass is 208 g/mol. The smallest absolute Gasteiger partial charge is 0.148 e. The number of aryl methyl sites for hydroxylation is 1. The Hall–Kier alpha value is -1.03. The van der Waals surface area contributed by atoms with Gasteiger partial charge in [-0.2, -0.15) is 5.10 Å². The van der Waals surface area contributed by atoms with Crippen molar-refractivity contribution >= 4 is 5.82 Å². The first-order chi connectivity index (χ1) is 7.24. The zero-order chi connectivity index (χ0) is 10.7. The lowest BCUT2D eigenvalue weighted by Gasteiger charge is -2.28. The van der Waals surface area contributed by atoms with Crippen LogP contribution >= 0.6 is 0 Å². The van der Waals surface area contributed by atoms with Crippen LogP contribution < -0.4 is 10.6 Å². The van der Waals surface area contributed by atoms with Gasteiger partial charge in [0.05, 0.1) is 0 Å². The van der Waals surface area contributed by atoms with Crippen molar-refractivity contribution in [2.24, 2.45) is 13.0 Å². The minimum atomic E-state index is 0.593. The lowest BCUT2D eigenvalue weighted by molar-refractivity contribution is 0.329. The van der Waals surface area contributed by atoms with Gasteiger partial charge >= 0.3 is 0 Å². The van der Waals surface area contributed by atoms with Gasteiger partial charge in [-0.15, -0.1) is 0 Å². The van der Waals surface area contributed by atoms with E-state index in [1.54, 1.807) is 0 Å². The maximum atomic E-state index is 4.29. The molecule has 2 unspecified atom stereocenters. The lowest BCUT2D eigenvalue weighted by atomic mass is 9.94. The Morgan fingerprint density at radius 3 is 3.20 bits per heavy atom. The molecule has 1 aromatic heterocycles. The SMILES string of the molecule is CC1CCNC(CNc2ccn(C)n2)C1. The van der Waals surface area contributed by atoms with Crippen molar-refractivity contribution in [3.05, 3.63) is 12.3 Å². The lowest BCUT2D eigenvalue weighted by Crippen LogP contribution is -2.41. The van der Waals surface area contributed by atoms with E-state index in [0.29, 0.717) is 6.04 Å². The first-order valence-electron chi connectivity index (χ1n) is 5.71. The van der Waals surface area contributed by atoms with Crippen LogP contribution in [0.1, 0.15) is 19.8 Å². The predicted octanol–water partition coefficient (Wildman–Crippen LogP) is 1.22. The zero-order valence-corrected chi connectivity index (χ0v) is 9.53. The average molecular weight is 208 g/mol. The van der Waals surface area contributed by atoms with Gasteiger partial charge in [0.25, 0.3) is 0 Å². The van der Waals surface area contributed by atoms with Crippen molar-refractivity contribution in [1.82, 2.24) is 15.1 Å². The third-order valence-corrected chi connectivity index (χ3v) is 3.00. The summed E-state index contributed by atoms with van der Waals surface area (Å²) in [7, 11) is 1.94. The Balaban J connectivity index is 1.77. The molecule has 0 amide bonds. The topological polar surface area (TPSA) is 41.9 Å². The molecule has 1 aliphatic rings. The molecule has 0 saturated carbocycles. The summed E-state index contributed by atoms with van der Waals surface area (Å²) in [6.07, 6.45) is 4.53. The van der Waals surface area contributed by atoms with Crippen LogP contribution in [0.2, 0.25) is 0 Å². The molecule has 2 atom stereocenters. The van der Waals surface area contributed by atoms with Gasteiger partial charge in [-0.3, -0.25) is 4.68 Å². The van der Waals surface area contributed by atoms with Gasteiger partial charge in [0.2, 0.25) is 0 Å². The molecule has 1 saturated heterocycles. The summed E-state index contributed by atoms with van der Waals surface area (Å²) in [5, 5.41) is 11.2. The summed E-state index contributed by atoms with van der Waals surface area (Å²) in [6.45, 7) is 4.45. The Labute approximate surface area is 91.1 Å². The fourth-order valence-electron chi connectivity index (χ4n) is 2.11. The molecule has 4 nitrogen and oxygen atoms in total. The van der Waals surface area contributed by atoms with Gasteiger partial charge in [0.1, 0.15) is 5.82 Å². The normalized spacial score (nSPS) is 26.5. The number of aromatic nitrogens is 2. The van der Waals surface area contributed by atoms with Crippen LogP contribution in [-0.2, 0) is 7.05 Å². The summed E-state index contributed by atoms with van der Waals surface area (Å²) in [4.78, 5) is 0. The maximum Gasteiger partial charge on any atom is 0.148 e. The van der Waals surface area contributed by atoms with Crippen molar-refractivity contribution in [2.45, 2.75) is 25.8 Å². The van der Waals surface area contributed by atoms with Gasteiger partial charge in [0, 0.05) is 31.9 Å². The summed E-state index contributed by atoms with van der Waals surface area (Å²) in [6, 6.07) is 2.60. The van der Waals surface area contributed by atoms with Crippen LogP contribution in [0, 0.1) is 5.92 Å². The number of rotatable bonds is 3. The molecule has 84 valence electrons. The Kier molecular flexibility index (Phi) is 3.26. The third-order valence-electron chi connectivity index (χ3n) is 3.00. The van der Waals surface area contributed by atoms with Crippen LogP contribution in [0.25, 0.3) is 0 Å². The molecular formula is C11H20N4. The van der Waals surface area contributed by atoms with Gasteiger partial charge < -0.3 is 10.6 Å². The Bertz CT molecular complexity index is 307. The maximum absolute atomic E-state index is 4.29. The first-order valence-corrected chi connectivity index (χ1v) is 5.71. The molecule has 15 heavy (non-hydrogen) atoms. The zero-order valence-electron chi connectivity index (χ0n) is 9.53. The number of hydrogen-bond donors (Lipinski definition) is 2. The molecule has 1 aromatic rings. The highest BCUT2D eigenvalue weighted by Crippen LogP contribution is 2.15. The Morgan fingerprint density at radius 1 is 1.67 bits per heavy atom. The van der Waals surface area contributed by atoms with E-state index in [9.17, 15) is 0 Å². The number of nitrogens with one attached hydrogen (secondary N) is 2. The summed E-state index contributed by atoms with van der Waals surface area (Å²) in [5.74, 6) is 1.82. The molecule has 0 radical (unpaired) electrons. The Morgan fingerprint density at radius 2 is 2.53 bits per heavy atom. The van der Waals surface area contributed by atoms with E-state index in [-0.39, 0.29) is 0 Å². The van der Waals surface area contributed by atoms with Crippen molar-refractivity contribution in [2.75, 3.05) is 18.4 Å². The van der Waals surface area contributed by atoms with E-state index in [1.807, 2.05) is 24.0 Å². The molecule has 2 heterocycles. The van der Waals surface area contributed by atoms with Crippen LogP contribution in [0.4, 0.5) is 5.82 Å². The number of nitrogens with zero attached hydrogens (tertiary/aromatic N) is 2. The predicted molar refractivity (Wildman–Crippen MR) is 61.9 cm³/mol. The third kappa shape index (κ3) is 2.96. The van der Waals surface area contributed by atoms with Crippen molar-refractivity contribution in [3.63, 3.8) is 0 Å². The second-order valence-corrected chi connectivity index (χ2v) is 4.54. The fourth-order valence-corrected chi connectivity index (χ4v) is 2.11. The van der Waals surface area contributed by atoms with Crippen molar-refractivity contribution < 1.29 is 0 Å². The minimum Gasteiger partial charge on any atom is -0.367 e. The summed E-state index contributed by atoms with van der Waals surface area (Å²) >= 11 is 0. The molecule has 1 aliphatic heterocycles. The summed E-state index contributed by atoms with van der Waals surface area (Å²) < 4.78 is 1.82. The van der Waals surface area contributed by atoms with E-state index in [1.165, 1.54) is 12.8 Å². The van der Waals surface area contributed by atoms with Gasteiger partial charge in [-0.05, 0) is 25.3 Å². The van der Waals surface area contributed by atoms with Gasteiger partial charge in [-0.1, -0.05) is 6.92 Å². The second-order valence-electron chi connectivity index (χ2n) is 4.54. The van der Waals surface area contributed by atoms with E-state index < -0.39 is 0 Å². The van der Waals surface area contributed by atoms with Crippen LogP contribution in [0.5, 0.6) is 0 Å². The van der Waals surface area contributed by atoms with E-state index in [4.69, 9.17) is 0 Å². The molecule has 0 aliphatic carbocycles. The minimum absolute atomic E-state index is 0.593. The van der Waals surface area contributed by atoms with Crippen LogP contribution in [-0.4, -0.2) is 28.9 Å². The summed E-state index contributed by atoms with van der Waals surface area (Å²) in [5.41, 5.74) is 0. The van der Waals surface area contributed by atoms with Crippen molar-refractivity contribution in [3.8, 4) is 0 Å². The van der Waals surface area contributed by atoms with E-state index >= 15 is 0 Å². The first kappa shape index (κ1) is 10.5. The van der Waals surface area contributed by atoms with E-state index in [2.05, 4.69) is 22.7 Å². The van der Waals surface area contributed by atoms with E-state index in [0.717, 1.165) is 24.8 Å². The molecule has 0 spiro atoms. The fraction of sp³-hybridized carbons (Fsp3) is 0.727. The molecule has 2 rings (SSSR count). The van der Waals surface area contributed by atoms with Gasteiger partial charge in [0.15, 0.2) is 0 Å². The molecule has 2 N–H and O–H groups in total. The highest BCUT2D eigenvalue weighted by molar-refractivity contribution is 5.32. The molecule has 4 heteroatoms.